The van der Waals surface area contributed by atoms with Crippen LogP contribution in [0.5, 0.6) is 0 Å². The van der Waals surface area contributed by atoms with Crippen LogP contribution >= 0.6 is 27.5 Å². The Morgan fingerprint density at radius 1 is 1.33 bits per heavy atom. The molecule has 2 rings (SSSR count). The number of halogens is 2. The zero-order chi connectivity index (χ0) is 13.3. The monoisotopic (exact) mass is 330 g/mol. The lowest BCUT2D eigenvalue weighted by atomic mass is 10.1. The Balaban J connectivity index is 2.31. The number of aliphatic hydroxyl groups is 1. The van der Waals surface area contributed by atoms with Crippen LogP contribution in [0, 0.1) is 0 Å². The molecule has 0 aliphatic heterocycles. The van der Waals surface area contributed by atoms with E-state index in [-0.39, 0.29) is 11.5 Å². The molecule has 0 amide bonds. The molecule has 0 fully saturated rings. The van der Waals surface area contributed by atoms with E-state index in [9.17, 15) is 9.90 Å². The van der Waals surface area contributed by atoms with Crippen LogP contribution in [0.4, 0.5) is 0 Å². The Kier molecular flexibility index (Phi) is 3.75. The van der Waals surface area contributed by atoms with Gasteiger partial charge in [-0.15, -0.1) is 0 Å². The highest BCUT2D eigenvalue weighted by atomic mass is 79.9. The van der Waals surface area contributed by atoms with E-state index in [1.165, 1.54) is 12.1 Å². The Labute approximate surface area is 116 Å². The normalized spacial score (nSPS) is 12.4. The molecule has 2 N–H and O–H groups in total. The number of aromatic carboxylic acids is 1. The molecule has 0 saturated heterocycles. The van der Waals surface area contributed by atoms with Gasteiger partial charge in [0.2, 0.25) is 5.76 Å². The summed E-state index contributed by atoms with van der Waals surface area (Å²) in [6, 6.07) is 7.64. The van der Waals surface area contributed by atoms with E-state index in [0.29, 0.717) is 15.1 Å². The second-order valence-corrected chi connectivity index (χ2v) is 4.84. The lowest BCUT2D eigenvalue weighted by molar-refractivity contribution is 0.0655. The molecular formula is C12H8BrClO4. The van der Waals surface area contributed by atoms with E-state index in [2.05, 4.69) is 15.9 Å². The maximum atomic E-state index is 10.7. The van der Waals surface area contributed by atoms with Crippen molar-refractivity contribution in [3.05, 3.63) is 56.9 Å². The van der Waals surface area contributed by atoms with Crippen molar-refractivity contribution < 1.29 is 19.4 Å². The van der Waals surface area contributed by atoms with E-state index in [1.54, 1.807) is 18.2 Å². The molecule has 1 heterocycles. The Bertz CT molecular complexity index is 594. The third-order valence-electron chi connectivity index (χ3n) is 2.37. The summed E-state index contributed by atoms with van der Waals surface area (Å²) >= 11 is 9.09. The van der Waals surface area contributed by atoms with Gasteiger partial charge >= 0.3 is 5.97 Å². The van der Waals surface area contributed by atoms with Gasteiger partial charge in [-0.2, -0.15) is 0 Å². The molecule has 0 bridgehead atoms. The molecule has 6 heteroatoms. The average Bonchev–Trinajstić information content (AvgIpc) is 2.81. The van der Waals surface area contributed by atoms with Crippen molar-refractivity contribution in [2.75, 3.05) is 0 Å². The molecule has 0 aliphatic carbocycles. The van der Waals surface area contributed by atoms with Crippen LogP contribution in [0.25, 0.3) is 0 Å². The van der Waals surface area contributed by atoms with Crippen LogP contribution < -0.4 is 0 Å². The summed E-state index contributed by atoms with van der Waals surface area (Å²) in [6.45, 7) is 0. The zero-order valence-electron chi connectivity index (χ0n) is 8.93. The number of furan rings is 1. The Morgan fingerprint density at radius 3 is 2.61 bits per heavy atom. The lowest BCUT2D eigenvalue weighted by Crippen LogP contribution is -1.98. The van der Waals surface area contributed by atoms with Crippen molar-refractivity contribution in [1.29, 1.82) is 0 Å². The highest BCUT2D eigenvalue weighted by Crippen LogP contribution is 2.29. The number of rotatable bonds is 3. The second kappa shape index (κ2) is 5.14. The van der Waals surface area contributed by atoms with E-state index < -0.39 is 12.1 Å². The summed E-state index contributed by atoms with van der Waals surface area (Å²) in [7, 11) is 0. The van der Waals surface area contributed by atoms with Crippen LogP contribution in [-0.2, 0) is 0 Å². The maximum absolute atomic E-state index is 10.7. The van der Waals surface area contributed by atoms with Crippen molar-refractivity contribution in [3.8, 4) is 0 Å². The number of hydrogen-bond acceptors (Lipinski definition) is 3. The smallest absolute Gasteiger partial charge is 0.371 e. The van der Waals surface area contributed by atoms with Crippen LogP contribution in [0.3, 0.4) is 0 Å². The summed E-state index contributed by atoms with van der Waals surface area (Å²) in [6.07, 6.45) is -1.04. The number of hydrogen-bond donors (Lipinski definition) is 2. The summed E-state index contributed by atoms with van der Waals surface area (Å²) in [5.41, 5.74) is 0.553. The van der Waals surface area contributed by atoms with Crippen molar-refractivity contribution in [1.82, 2.24) is 0 Å². The highest BCUT2D eigenvalue weighted by molar-refractivity contribution is 9.10. The molecule has 0 radical (unpaired) electrons. The van der Waals surface area contributed by atoms with Gasteiger partial charge in [-0.3, -0.25) is 0 Å². The number of carbonyl (C=O) groups is 1. The minimum atomic E-state index is -1.18. The molecular weight excluding hydrogens is 323 g/mol. The maximum Gasteiger partial charge on any atom is 0.371 e. The summed E-state index contributed by atoms with van der Waals surface area (Å²) in [5, 5.41) is 19.3. The number of carboxylic acid groups (broad SMARTS) is 1. The first kappa shape index (κ1) is 13.1. The van der Waals surface area contributed by atoms with Gasteiger partial charge in [-0.05, 0) is 45.8 Å². The second-order valence-electron chi connectivity index (χ2n) is 3.58. The Morgan fingerprint density at radius 2 is 2.06 bits per heavy atom. The summed E-state index contributed by atoms with van der Waals surface area (Å²) < 4.78 is 5.68. The van der Waals surface area contributed by atoms with Gasteiger partial charge in [0.25, 0.3) is 0 Å². The standard InChI is InChI=1S/C12H8BrClO4/c13-7-5-6(1-2-8(7)14)11(15)9-3-4-10(18-9)12(16)17/h1-5,11,15H,(H,16,17). The first-order chi connectivity index (χ1) is 8.49. The van der Waals surface area contributed by atoms with Crippen molar-refractivity contribution in [2.45, 2.75) is 6.10 Å². The third-order valence-corrected chi connectivity index (χ3v) is 3.58. The van der Waals surface area contributed by atoms with Gasteiger partial charge in [-0.25, -0.2) is 4.79 Å². The molecule has 1 unspecified atom stereocenters. The SMILES string of the molecule is O=C(O)c1ccc(C(O)c2ccc(Cl)c(Br)c2)o1. The molecule has 0 aliphatic rings. The third kappa shape index (κ3) is 2.58. The molecule has 0 spiro atoms. The highest BCUT2D eigenvalue weighted by Gasteiger charge is 2.18. The number of aliphatic hydroxyl groups excluding tert-OH is 1. The van der Waals surface area contributed by atoms with Gasteiger partial charge in [-0.1, -0.05) is 17.7 Å². The predicted octanol–water partition coefficient (Wildman–Crippen LogP) is 3.48. The first-order valence-electron chi connectivity index (χ1n) is 4.95. The molecule has 1 atom stereocenters. The quantitative estimate of drug-likeness (QED) is 0.903. The van der Waals surface area contributed by atoms with Gasteiger partial charge in [0.05, 0.1) is 5.02 Å². The lowest BCUT2D eigenvalue weighted by Gasteiger charge is -2.09. The molecule has 4 nitrogen and oxygen atoms in total. The van der Waals surface area contributed by atoms with Gasteiger partial charge in [0, 0.05) is 4.47 Å². The molecule has 0 saturated carbocycles. The molecule has 18 heavy (non-hydrogen) atoms. The number of carboxylic acids is 1. The van der Waals surface area contributed by atoms with Crippen LogP contribution in [0.1, 0.15) is 28.0 Å². The zero-order valence-corrected chi connectivity index (χ0v) is 11.3. The minimum Gasteiger partial charge on any atom is -0.475 e. The first-order valence-corrected chi connectivity index (χ1v) is 6.12. The Hall–Kier alpha value is -1.30. The molecule has 1 aromatic carbocycles. The molecule has 1 aromatic heterocycles. The van der Waals surface area contributed by atoms with Crippen molar-refractivity contribution in [3.63, 3.8) is 0 Å². The van der Waals surface area contributed by atoms with E-state index in [0.717, 1.165) is 0 Å². The minimum absolute atomic E-state index is 0.168. The summed E-state index contributed by atoms with van der Waals surface area (Å²) in [5.74, 6) is -1.22. The van der Waals surface area contributed by atoms with E-state index in [1.807, 2.05) is 0 Å². The number of benzene rings is 1. The fraction of sp³-hybridized carbons (Fsp3) is 0.0833. The fourth-order valence-electron chi connectivity index (χ4n) is 1.46. The van der Waals surface area contributed by atoms with E-state index in [4.69, 9.17) is 21.1 Å². The van der Waals surface area contributed by atoms with Crippen LogP contribution in [0.2, 0.25) is 5.02 Å². The topological polar surface area (TPSA) is 70.7 Å². The van der Waals surface area contributed by atoms with Crippen LogP contribution in [0.15, 0.2) is 39.2 Å². The average molecular weight is 332 g/mol. The molecule has 94 valence electrons. The largest absolute Gasteiger partial charge is 0.475 e. The molecule has 2 aromatic rings. The fourth-order valence-corrected chi connectivity index (χ4v) is 1.98. The van der Waals surface area contributed by atoms with E-state index >= 15 is 0 Å². The predicted molar refractivity (Wildman–Crippen MR) is 68.9 cm³/mol. The van der Waals surface area contributed by atoms with Gasteiger partial charge < -0.3 is 14.6 Å². The van der Waals surface area contributed by atoms with Crippen LogP contribution in [-0.4, -0.2) is 16.2 Å². The summed E-state index contributed by atoms with van der Waals surface area (Å²) in [4.78, 5) is 10.7. The van der Waals surface area contributed by atoms with Crippen molar-refractivity contribution in [2.24, 2.45) is 0 Å². The van der Waals surface area contributed by atoms with Gasteiger partial charge in [0.1, 0.15) is 11.9 Å². The van der Waals surface area contributed by atoms with Gasteiger partial charge in [0.15, 0.2) is 0 Å². The van der Waals surface area contributed by atoms with Crippen molar-refractivity contribution >= 4 is 33.5 Å².